The minimum atomic E-state index is -1.86. The van der Waals surface area contributed by atoms with Crippen LogP contribution < -0.4 is 92.1 Å². The summed E-state index contributed by atoms with van der Waals surface area (Å²) in [5, 5.41) is 56.2. The Labute approximate surface area is 664 Å². The van der Waals surface area contributed by atoms with Gasteiger partial charge >= 0.3 is 0 Å². The number of guanidine groups is 1. The van der Waals surface area contributed by atoms with Crippen molar-refractivity contribution >= 4 is 133 Å². The molecule has 24 N–H and O–H groups in total. The summed E-state index contributed by atoms with van der Waals surface area (Å²) in [5.74, 6) is -16.6. The number of para-hydroxylation sites is 1. The maximum Gasteiger partial charge on any atom is 0.245 e. The van der Waals surface area contributed by atoms with Crippen LogP contribution in [0.15, 0.2) is 115 Å². The predicted molar refractivity (Wildman–Crippen MR) is 430 cm³/mol. The van der Waals surface area contributed by atoms with Crippen molar-refractivity contribution in [1.29, 1.82) is 5.41 Å². The van der Waals surface area contributed by atoms with Crippen molar-refractivity contribution in [2.45, 2.75) is 172 Å². The number of fused-ring (bicyclic) bond motifs is 3. The van der Waals surface area contributed by atoms with Gasteiger partial charge in [0.15, 0.2) is 5.96 Å². The van der Waals surface area contributed by atoms with Gasteiger partial charge in [-0.25, -0.2) is 0 Å². The van der Waals surface area contributed by atoms with Crippen LogP contribution >= 0.6 is 11.8 Å². The fourth-order valence-electron chi connectivity index (χ4n) is 12.9. The number of carbonyl (C=O) groups is 14. The number of H-pyrrole nitrogens is 1. The third-order valence-corrected chi connectivity index (χ3v) is 20.5. The quantitative estimate of drug-likeness (QED) is 0.0216. The molecule has 1 saturated heterocycles. The summed E-state index contributed by atoms with van der Waals surface area (Å²) >= 11 is 0.868. The van der Waals surface area contributed by atoms with Gasteiger partial charge in [-0.2, -0.15) is 0 Å². The zero-order chi connectivity index (χ0) is 83.3. The molecule has 614 valence electrons. The van der Waals surface area contributed by atoms with Crippen LogP contribution in [-0.4, -0.2) is 203 Å². The molecule has 0 radical (unpaired) electrons. The molecule has 12 atom stereocenters. The Hall–Kier alpha value is -11.7. The number of primary amides is 2. The van der Waals surface area contributed by atoms with E-state index in [1.54, 1.807) is 84.1 Å². The summed E-state index contributed by atoms with van der Waals surface area (Å²) in [6, 6.07) is 15.8. The number of unbranched alkanes of at least 4 members (excludes halogenated alkanes) is 1. The molecule has 1 fully saturated rings. The Kier molecular flexibility index (Phi) is 34.5. The van der Waals surface area contributed by atoms with E-state index in [4.69, 9.17) is 28.3 Å². The summed E-state index contributed by atoms with van der Waals surface area (Å²) in [4.78, 5) is 204. The summed E-state index contributed by atoms with van der Waals surface area (Å²) in [7, 11) is 0. The molecular formula is C79H107N19O15S. The largest absolute Gasteiger partial charge is 0.394 e. The monoisotopic (exact) mass is 1590 g/mol. The molecule has 114 heavy (non-hydrogen) atoms. The highest BCUT2D eigenvalue weighted by atomic mass is 32.2. The Bertz CT molecular complexity index is 4440. The minimum Gasteiger partial charge on any atom is -0.394 e. The molecule has 1 aliphatic rings. The van der Waals surface area contributed by atoms with E-state index in [0.717, 1.165) is 33.3 Å². The van der Waals surface area contributed by atoms with E-state index in [1.165, 1.54) is 0 Å². The summed E-state index contributed by atoms with van der Waals surface area (Å²) in [5.41, 5.74) is 25.4. The second-order valence-electron chi connectivity index (χ2n) is 29.0. The van der Waals surface area contributed by atoms with E-state index < -0.39 is 198 Å². The molecule has 35 heteroatoms. The molecule has 0 aliphatic carbocycles. The maximum atomic E-state index is 15.1. The molecule has 34 nitrogen and oxygen atoms in total. The number of aromatic amines is 1. The SMILES string of the molecule is CC[C@H](C)[C@@H]1NC(=O)[C@H](Cc2ccc3ccccc3c2)NC(=O)CSC[C@@H](C(N)=O)NC(=O)[C@H](C(C)C)NC(=O)[C@H](Cc2ccc3ccccc3c2)NC(=O)[C@H](CCCCN)NC(=O)[C@H](C(C)C)NC(=O)[C@H](Cc2c[nH]c3ccccc23)NC(=O)[C@H](CC(N)=O)NC(=O)[C@H](CCCNC(=N)N)NC(=O)CNC(=O)[C@H](CO)NC1=O. The van der Waals surface area contributed by atoms with Gasteiger partial charge in [0, 0.05) is 48.7 Å². The Morgan fingerprint density at radius 2 is 0.974 bits per heavy atom. The van der Waals surface area contributed by atoms with Gasteiger partial charge in [0.05, 0.1) is 25.3 Å². The van der Waals surface area contributed by atoms with Gasteiger partial charge in [0.25, 0.3) is 0 Å². The van der Waals surface area contributed by atoms with Crippen LogP contribution in [0.3, 0.4) is 0 Å². The third-order valence-electron chi connectivity index (χ3n) is 19.5. The Balaban J connectivity index is 1.27. The first kappa shape index (κ1) is 89.5. The zero-order valence-corrected chi connectivity index (χ0v) is 65.6. The maximum absolute atomic E-state index is 15.1. The van der Waals surface area contributed by atoms with Crippen LogP contribution in [0.1, 0.15) is 103 Å². The van der Waals surface area contributed by atoms with Gasteiger partial charge < -0.3 is 102 Å². The van der Waals surface area contributed by atoms with E-state index in [-0.39, 0.29) is 70.2 Å². The molecule has 6 aromatic rings. The van der Waals surface area contributed by atoms with Gasteiger partial charge in [0.1, 0.15) is 66.5 Å². The van der Waals surface area contributed by atoms with Crippen molar-refractivity contribution in [3.63, 3.8) is 0 Å². The van der Waals surface area contributed by atoms with Crippen molar-refractivity contribution in [1.82, 2.24) is 74.1 Å². The number of aliphatic hydroxyl groups is 1. The molecule has 1 aromatic heterocycles. The van der Waals surface area contributed by atoms with Crippen molar-refractivity contribution < 1.29 is 72.2 Å². The highest BCUT2D eigenvalue weighted by Crippen LogP contribution is 2.23. The number of hydrogen-bond acceptors (Lipinski definition) is 18. The first-order valence-corrected chi connectivity index (χ1v) is 39.2. The fraction of sp³-hybridized carbons (Fsp3) is 0.456. The van der Waals surface area contributed by atoms with Crippen LogP contribution in [0.25, 0.3) is 32.4 Å². The smallest absolute Gasteiger partial charge is 0.245 e. The number of aromatic nitrogens is 1. The second-order valence-corrected chi connectivity index (χ2v) is 30.1. The molecule has 0 saturated carbocycles. The lowest BCUT2D eigenvalue weighted by atomic mass is 9.96. The number of amides is 14. The second kappa shape index (κ2) is 43.9. The number of hydrogen-bond donors (Lipinski definition) is 20. The normalized spacial score (nSPS) is 22.9. The van der Waals surface area contributed by atoms with Gasteiger partial charge in [0.2, 0.25) is 82.7 Å². The highest BCUT2D eigenvalue weighted by Gasteiger charge is 2.39. The summed E-state index contributed by atoms with van der Waals surface area (Å²) in [6.07, 6.45) is 0.816. The zero-order valence-electron chi connectivity index (χ0n) is 64.7. The molecule has 0 spiro atoms. The van der Waals surface area contributed by atoms with Crippen LogP contribution in [-0.2, 0) is 86.4 Å². The number of nitrogens with two attached hydrogens (primary N) is 4. The van der Waals surface area contributed by atoms with Crippen LogP contribution in [0.2, 0.25) is 0 Å². The van der Waals surface area contributed by atoms with Crippen molar-refractivity contribution in [3.05, 3.63) is 132 Å². The number of rotatable bonds is 22. The van der Waals surface area contributed by atoms with Crippen LogP contribution in [0.5, 0.6) is 0 Å². The Morgan fingerprint density at radius 1 is 0.509 bits per heavy atom. The lowest BCUT2D eigenvalue weighted by Gasteiger charge is -2.29. The summed E-state index contributed by atoms with van der Waals surface area (Å²) in [6.45, 7) is 8.07. The lowest BCUT2D eigenvalue weighted by Crippen LogP contribution is -2.62. The molecule has 2 heterocycles. The average Bonchev–Trinajstić information content (AvgIpc) is 1.61. The van der Waals surface area contributed by atoms with E-state index in [9.17, 15) is 57.8 Å². The van der Waals surface area contributed by atoms with E-state index in [0.29, 0.717) is 34.0 Å². The topological polar surface area (TPSA) is 559 Å². The van der Waals surface area contributed by atoms with Crippen LogP contribution in [0.4, 0.5) is 0 Å². The number of aliphatic hydroxyl groups excluding tert-OH is 1. The van der Waals surface area contributed by atoms with Gasteiger partial charge in [-0.1, -0.05) is 151 Å². The molecular weight excluding hydrogens is 1490 g/mol. The molecule has 14 amide bonds. The number of benzene rings is 5. The highest BCUT2D eigenvalue weighted by molar-refractivity contribution is 8.00. The number of nitrogens with one attached hydrogen (secondary N) is 15. The van der Waals surface area contributed by atoms with Crippen LogP contribution in [0, 0.1) is 23.2 Å². The van der Waals surface area contributed by atoms with Gasteiger partial charge in [-0.15, -0.1) is 11.8 Å². The first-order valence-electron chi connectivity index (χ1n) is 38.0. The van der Waals surface area contributed by atoms with Crippen molar-refractivity contribution in [2.24, 2.45) is 40.7 Å². The number of carbonyl (C=O) groups excluding carboxylic acids is 14. The fourth-order valence-corrected chi connectivity index (χ4v) is 13.8. The standard InChI is InChI=1S/C79H107N19O15S/c1-7-44(6)67-78(113)94-60(39-99)69(104)87-38-63(101)88-54(24-16-30-85-79(83)84)70(105)93-59(36-62(81)100)72(107)92-58(35-51-37-86-53-22-13-12-21-52(51)53)75(110)97-65(42(2)3)76(111)90-55(23-14-15-29-80)71(106)91-57(34-46-26-28-48-18-9-11-20-50(48)32-46)74(109)96-66(43(4)5)77(112)95-61(68(82)103)40-114-41-64(102)89-56(73(108)98-67)33-45-25-27-47-17-8-10-19-49(47)31-45/h8-13,17-22,25-28,31-32,37,42-44,54-61,65-67,86,99H,7,14-16,23-24,29-30,33-36,38-41,80H2,1-6H3,(H2,81,100)(H2,82,103)(H,87,104)(H,88,101)(H,89,102)(H,90,111)(H,91,106)(H,92,107)(H,93,105)(H,94,113)(H,95,112)(H,96,109)(H,97,110)(H,98,108)(H4,83,84,85)/t44-,54-,55-,56-,57-,58-,59-,60-,61-,65-,66-,67-/m0/s1. The van der Waals surface area contributed by atoms with E-state index in [2.05, 4.69) is 74.1 Å². The van der Waals surface area contributed by atoms with E-state index >= 15 is 14.4 Å². The lowest BCUT2D eigenvalue weighted by molar-refractivity contribution is -0.137. The molecule has 0 unspecified atom stereocenters. The van der Waals surface area contributed by atoms with E-state index in [1.807, 2.05) is 72.8 Å². The van der Waals surface area contributed by atoms with Crippen molar-refractivity contribution in [3.8, 4) is 0 Å². The predicted octanol–water partition coefficient (Wildman–Crippen LogP) is -1.20. The number of thioether (sulfide) groups is 1. The molecule has 0 bridgehead atoms. The third kappa shape index (κ3) is 27.0. The van der Waals surface area contributed by atoms with Gasteiger partial charge in [-0.05, 0) is 101 Å². The summed E-state index contributed by atoms with van der Waals surface area (Å²) < 4.78 is 0. The molecule has 1 aliphatic heterocycles. The van der Waals surface area contributed by atoms with Crippen molar-refractivity contribution in [2.75, 3.05) is 37.7 Å². The Morgan fingerprint density at radius 3 is 1.52 bits per heavy atom. The minimum absolute atomic E-state index is 0.0129. The first-order chi connectivity index (χ1) is 54.4. The molecule has 5 aromatic carbocycles. The molecule has 7 rings (SSSR count). The average molecular weight is 1590 g/mol. The van der Waals surface area contributed by atoms with Gasteiger partial charge in [-0.3, -0.25) is 72.5 Å².